The fourth-order valence-corrected chi connectivity index (χ4v) is 6.69. The molecule has 0 aliphatic rings. The normalized spacial score (nSPS) is 11.3. The molecular weight excluding hydrogens is 628 g/mol. The Labute approximate surface area is 287 Å². The standard InChI is InChI=1S/C42H32N2O6/c1-47-37-19-27(11-15-33(37)43-39(45)21-29-23-49-35-17-13-25-7-3-5-9-31(25)41(29)35)28-12-16-34(38(20-28)48-2)44-40(46)22-30-24-50-36-18-14-26-8-4-6-10-32(26)42(30)36/h3-20,23-24H,21-22H2,1-2H3,(H,43,45)(H,44,46). The van der Waals surface area contributed by atoms with E-state index in [1.165, 1.54) is 0 Å². The monoisotopic (exact) mass is 660 g/mol. The maximum atomic E-state index is 13.2. The third-order valence-corrected chi connectivity index (χ3v) is 9.07. The average molecular weight is 661 g/mol. The van der Waals surface area contributed by atoms with E-state index in [-0.39, 0.29) is 24.7 Å². The van der Waals surface area contributed by atoms with Gasteiger partial charge in [-0.25, -0.2) is 0 Å². The van der Waals surface area contributed by atoms with Gasteiger partial charge in [-0.15, -0.1) is 0 Å². The van der Waals surface area contributed by atoms with Gasteiger partial charge >= 0.3 is 0 Å². The van der Waals surface area contributed by atoms with E-state index in [0.717, 1.165) is 65.7 Å². The summed E-state index contributed by atoms with van der Waals surface area (Å²) < 4.78 is 22.9. The topological polar surface area (TPSA) is 103 Å². The molecule has 8 heteroatoms. The first-order valence-corrected chi connectivity index (χ1v) is 16.2. The molecule has 0 unspecified atom stereocenters. The van der Waals surface area contributed by atoms with Crippen LogP contribution in [0, 0.1) is 0 Å². The lowest BCUT2D eigenvalue weighted by molar-refractivity contribution is -0.116. The molecule has 2 heterocycles. The maximum absolute atomic E-state index is 13.2. The number of fused-ring (bicyclic) bond motifs is 6. The molecule has 0 saturated heterocycles. The summed E-state index contributed by atoms with van der Waals surface area (Å²) in [6, 6.07) is 35.2. The summed E-state index contributed by atoms with van der Waals surface area (Å²) in [6.07, 6.45) is 3.59. The Morgan fingerprint density at radius 1 is 0.560 bits per heavy atom. The highest BCUT2D eigenvalue weighted by Gasteiger charge is 2.18. The number of furan rings is 2. The lowest BCUT2D eigenvalue weighted by Crippen LogP contribution is -2.15. The molecule has 0 saturated carbocycles. The van der Waals surface area contributed by atoms with Crippen LogP contribution in [0.15, 0.2) is 131 Å². The van der Waals surface area contributed by atoms with E-state index in [2.05, 4.69) is 10.6 Å². The van der Waals surface area contributed by atoms with Crippen LogP contribution in [0.4, 0.5) is 11.4 Å². The third kappa shape index (κ3) is 5.66. The second-order valence-electron chi connectivity index (χ2n) is 12.1. The molecule has 0 bridgehead atoms. The number of ether oxygens (including phenoxy) is 2. The Morgan fingerprint density at radius 3 is 1.44 bits per heavy atom. The number of hydrogen-bond donors (Lipinski definition) is 2. The van der Waals surface area contributed by atoms with Crippen LogP contribution in [-0.4, -0.2) is 26.0 Å². The van der Waals surface area contributed by atoms with Crippen LogP contribution in [-0.2, 0) is 22.4 Å². The van der Waals surface area contributed by atoms with E-state index in [1.54, 1.807) is 26.7 Å². The van der Waals surface area contributed by atoms with Gasteiger partial charge in [0.15, 0.2) is 0 Å². The minimum atomic E-state index is -0.190. The summed E-state index contributed by atoms with van der Waals surface area (Å²) in [7, 11) is 3.13. The summed E-state index contributed by atoms with van der Waals surface area (Å²) >= 11 is 0. The first kappa shape index (κ1) is 30.8. The Hall–Kier alpha value is -6.54. The fraction of sp³-hybridized carbons (Fsp3) is 0.0952. The molecule has 2 N–H and O–H groups in total. The van der Waals surface area contributed by atoms with Gasteiger partial charge in [0.25, 0.3) is 0 Å². The molecule has 0 fully saturated rings. The zero-order valence-electron chi connectivity index (χ0n) is 27.4. The number of nitrogens with one attached hydrogen (secondary N) is 2. The highest BCUT2D eigenvalue weighted by molar-refractivity contribution is 6.10. The average Bonchev–Trinajstić information content (AvgIpc) is 3.76. The Balaban J connectivity index is 0.985. The summed E-state index contributed by atoms with van der Waals surface area (Å²) in [5.41, 5.74) is 5.92. The zero-order valence-corrected chi connectivity index (χ0v) is 27.4. The van der Waals surface area contributed by atoms with Gasteiger partial charge in [-0.3, -0.25) is 9.59 Å². The molecule has 0 atom stereocenters. The molecular formula is C42H32N2O6. The van der Waals surface area contributed by atoms with E-state index in [0.29, 0.717) is 22.9 Å². The van der Waals surface area contributed by atoms with Gasteiger partial charge in [-0.05, 0) is 69.1 Å². The number of methoxy groups -OCH3 is 2. The second-order valence-corrected chi connectivity index (χ2v) is 12.1. The number of benzene rings is 6. The second kappa shape index (κ2) is 12.8. The zero-order chi connectivity index (χ0) is 34.2. The Morgan fingerprint density at radius 2 is 1.00 bits per heavy atom. The first-order chi connectivity index (χ1) is 24.5. The molecule has 8 nitrogen and oxygen atoms in total. The van der Waals surface area contributed by atoms with Crippen LogP contribution < -0.4 is 20.1 Å². The van der Waals surface area contributed by atoms with Gasteiger partial charge in [0.05, 0.1) is 51.0 Å². The number of rotatable bonds is 9. The number of carbonyl (C=O) groups is 2. The number of anilines is 2. The van der Waals surface area contributed by atoms with Crippen LogP contribution >= 0.6 is 0 Å². The van der Waals surface area contributed by atoms with Crippen molar-refractivity contribution in [3.63, 3.8) is 0 Å². The molecule has 0 aliphatic carbocycles. The van der Waals surface area contributed by atoms with Crippen molar-refractivity contribution in [2.75, 3.05) is 24.9 Å². The van der Waals surface area contributed by atoms with Gasteiger partial charge in [-0.2, -0.15) is 0 Å². The molecule has 50 heavy (non-hydrogen) atoms. The van der Waals surface area contributed by atoms with E-state index in [4.69, 9.17) is 18.3 Å². The first-order valence-electron chi connectivity index (χ1n) is 16.2. The van der Waals surface area contributed by atoms with Crippen molar-refractivity contribution >= 4 is 66.7 Å². The Bertz CT molecular complexity index is 2400. The van der Waals surface area contributed by atoms with Crippen LogP contribution in [0.2, 0.25) is 0 Å². The van der Waals surface area contributed by atoms with Crippen LogP contribution in [0.25, 0.3) is 54.6 Å². The molecule has 2 amide bonds. The smallest absolute Gasteiger partial charge is 0.229 e. The molecule has 246 valence electrons. The van der Waals surface area contributed by atoms with Crippen LogP contribution in [0.1, 0.15) is 11.1 Å². The largest absolute Gasteiger partial charge is 0.495 e. The van der Waals surface area contributed by atoms with E-state index >= 15 is 0 Å². The quantitative estimate of drug-likeness (QED) is 0.160. The van der Waals surface area contributed by atoms with Crippen molar-refractivity contribution in [1.82, 2.24) is 0 Å². The predicted octanol–water partition coefficient (Wildman–Crippen LogP) is 9.53. The van der Waals surface area contributed by atoms with Crippen LogP contribution in [0.3, 0.4) is 0 Å². The van der Waals surface area contributed by atoms with Crippen molar-refractivity contribution in [1.29, 1.82) is 0 Å². The van der Waals surface area contributed by atoms with Gasteiger partial charge in [-0.1, -0.05) is 72.8 Å². The van der Waals surface area contributed by atoms with Crippen molar-refractivity contribution in [3.05, 3.63) is 133 Å². The minimum Gasteiger partial charge on any atom is -0.495 e. The lowest BCUT2D eigenvalue weighted by atomic mass is 10.0. The molecule has 6 aromatic carbocycles. The number of amides is 2. The van der Waals surface area contributed by atoms with Gasteiger partial charge < -0.3 is 28.9 Å². The SMILES string of the molecule is COc1cc(-c2ccc(NC(=O)Cc3coc4ccc5ccccc5c34)c(OC)c2)ccc1NC(=O)Cc1coc2ccc3ccccc3c12. The van der Waals surface area contributed by atoms with E-state index < -0.39 is 0 Å². The highest BCUT2D eigenvalue weighted by Crippen LogP contribution is 2.36. The predicted molar refractivity (Wildman–Crippen MR) is 197 cm³/mol. The van der Waals surface area contributed by atoms with E-state index in [1.807, 2.05) is 109 Å². The van der Waals surface area contributed by atoms with Crippen molar-refractivity contribution in [2.24, 2.45) is 0 Å². The van der Waals surface area contributed by atoms with Crippen molar-refractivity contribution in [2.45, 2.75) is 12.8 Å². The lowest BCUT2D eigenvalue weighted by Gasteiger charge is -2.14. The molecule has 8 aromatic rings. The van der Waals surface area contributed by atoms with Crippen molar-refractivity contribution < 1.29 is 27.9 Å². The molecule has 8 rings (SSSR count). The van der Waals surface area contributed by atoms with Crippen LogP contribution in [0.5, 0.6) is 11.5 Å². The van der Waals surface area contributed by atoms with E-state index in [9.17, 15) is 9.59 Å². The maximum Gasteiger partial charge on any atom is 0.229 e. The Kier molecular flexibility index (Phi) is 7.89. The highest BCUT2D eigenvalue weighted by atomic mass is 16.5. The molecule has 2 aromatic heterocycles. The van der Waals surface area contributed by atoms with Crippen molar-refractivity contribution in [3.8, 4) is 22.6 Å². The van der Waals surface area contributed by atoms with Gasteiger partial charge in [0, 0.05) is 21.9 Å². The summed E-state index contributed by atoms with van der Waals surface area (Å²) in [4.78, 5) is 26.5. The van der Waals surface area contributed by atoms with Gasteiger partial charge in [0.1, 0.15) is 22.7 Å². The summed E-state index contributed by atoms with van der Waals surface area (Å²) in [6.45, 7) is 0. The molecule has 0 radical (unpaired) electrons. The molecule has 0 aliphatic heterocycles. The number of hydrogen-bond acceptors (Lipinski definition) is 6. The fourth-order valence-electron chi connectivity index (χ4n) is 6.69. The minimum absolute atomic E-state index is 0.143. The van der Waals surface area contributed by atoms with Gasteiger partial charge in [0.2, 0.25) is 11.8 Å². The number of carbonyl (C=O) groups excluding carboxylic acids is 2. The summed E-state index contributed by atoms with van der Waals surface area (Å²) in [5.74, 6) is 0.638. The third-order valence-electron chi connectivity index (χ3n) is 9.07. The molecule has 0 spiro atoms. The summed E-state index contributed by atoms with van der Waals surface area (Å²) in [5, 5.41) is 12.1.